The standard InChI is InChI=1S/C13H20N2O3/c1-13(2,14)7-6-12(17)15-10-5-4-9(18-3)8-11(10)16/h4-5,8,16H,6-7,14H2,1-3H3,(H,15,17). The van der Waals surface area contributed by atoms with Crippen LogP contribution in [0.1, 0.15) is 26.7 Å². The van der Waals surface area contributed by atoms with Gasteiger partial charge < -0.3 is 20.9 Å². The van der Waals surface area contributed by atoms with Crippen LogP contribution in [0.25, 0.3) is 0 Å². The number of benzene rings is 1. The molecule has 0 aliphatic carbocycles. The van der Waals surface area contributed by atoms with E-state index in [0.29, 0.717) is 24.3 Å². The molecule has 1 aromatic carbocycles. The molecule has 0 fully saturated rings. The normalized spacial score (nSPS) is 11.1. The fourth-order valence-corrected chi connectivity index (χ4v) is 1.39. The fourth-order valence-electron chi connectivity index (χ4n) is 1.39. The fraction of sp³-hybridized carbons (Fsp3) is 0.462. The van der Waals surface area contributed by atoms with Crippen LogP contribution in [-0.4, -0.2) is 23.7 Å². The summed E-state index contributed by atoms with van der Waals surface area (Å²) in [5.74, 6) is 0.345. The number of carbonyl (C=O) groups excluding carboxylic acids is 1. The summed E-state index contributed by atoms with van der Waals surface area (Å²) in [5.41, 5.74) is 5.79. The summed E-state index contributed by atoms with van der Waals surface area (Å²) < 4.78 is 4.96. The molecule has 1 aromatic rings. The maximum absolute atomic E-state index is 11.7. The number of hydrogen-bond donors (Lipinski definition) is 3. The van der Waals surface area contributed by atoms with Crippen molar-refractivity contribution in [2.75, 3.05) is 12.4 Å². The van der Waals surface area contributed by atoms with E-state index in [2.05, 4.69) is 5.32 Å². The Kier molecular flexibility index (Phi) is 4.55. The highest BCUT2D eigenvalue weighted by atomic mass is 16.5. The Morgan fingerprint density at radius 2 is 2.17 bits per heavy atom. The molecule has 5 nitrogen and oxygen atoms in total. The van der Waals surface area contributed by atoms with Crippen molar-refractivity contribution in [2.24, 2.45) is 5.73 Å². The highest BCUT2D eigenvalue weighted by Crippen LogP contribution is 2.28. The van der Waals surface area contributed by atoms with Gasteiger partial charge in [-0.15, -0.1) is 0 Å². The van der Waals surface area contributed by atoms with Gasteiger partial charge >= 0.3 is 0 Å². The molecule has 0 unspecified atom stereocenters. The summed E-state index contributed by atoms with van der Waals surface area (Å²) in [6.45, 7) is 3.73. The molecule has 0 spiro atoms. The van der Waals surface area contributed by atoms with E-state index in [1.165, 1.54) is 13.2 Å². The Morgan fingerprint density at radius 1 is 1.50 bits per heavy atom. The summed E-state index contributed by atoms with van der Waals surface area (Å²) in [5, 5.41) is 12.3. The number of hydrogen-bond acceptors (Lipinski definition) is 4. The van der Waals surface area contributed by atoms with Gasteiger partial charge in [-0.2, -0.15) is 0 Å². The van der Waals surface area contributed by atoms with Crippen LogP contribution in [0.4, 0.5) is 5.69 Å². The minimum absolute atomic E-state index is 0.0188. The largest absolute Gasteiger partial charge is 0.506 e. The van der Waals surface area contributed by atoms with Gasteiger partial charge in [0, 0.05) is 18.0 Å². The first-order valence-corrected chi connectivity index (χ1v) is 5.77. The first-order valence-electron chi connectivity index (χ1n) is 5.77. The number of aromatic hydroxyl groups is 1. The van der Waals surface area contributed by atoms with Crippen LogP contribution in [0.15, 0.2) is 18.2 Å². The maximum atomic E-state index is 11.7. The van der Waals surface area contributed by atoms with Crippen molar-refractivity contribution in [3.63, 3.8) is 0 Å². The van der Waals surface area contributed by atoms with Gasteiger partial charge in [-0.1, -0.05) is 0 Å². The van der Waals surface area contributed by atoms with E-state index in [1.54, 1.807) is 12.1 Å². The molecule has 100 valence electrons. The smallest absolute Gasteiger partial charge is 0.224 e. The van der Waals surface area contributed by atoms with E-state index < -0.39 is 0 Å². The number of carbonyl (C=O) groups is 1. The predicted octanol–water partition coefficient (Wildman–Crippen LogP) is 1.86. The number of methoxy groups -OCH3 is 1. The molecule has 18 heavy (non-hydrogen) atoms. The number of amides is 1. The predicted molar refractivity (Wildman–Crippen MR) is 70.8 cm³/mol. The zero-order valence-electron chi connectivity index (χ0n) is 11.0. The summed E-state index contributed by atoms with van der Waals surface area (Å²) in [7, 11) is 1.51. The molecule has 0 saturated heterocycles. The summed E-state index contributed by atoms with van der Waals surface area (Å²) >= 11 is 0. The Labute approximate surface area is 107 Å². The zero-order valence-corrected chi connectivity index (χ0v) is 11.0. The van der Waals surface area contributed by atoms with Gasteiger partial charge in [0.25, 0.3) is 0 Å². The van der Waals surface area contributed by atoms with E-state index in [0.717, 1.165) is 0 Å². The van der Waals surface area contributed by atoms with E-state index in [4.69, 9.17) is 10.5 Å². The average Bonchev–Trinajstić information content (AvgIpc) is 2.28. The highest BCUT2D eigenvalue weighted by Gasteiger charge is 2.14. The van der Waals surface area contributed by atoms with Gasteiger partial charge in [0.2, 0.25) is 5.91 Å². The lowest BCUT2D eigenvalue weighted by atomic mass is 10.00. The zero-order chi connectivity index (χ0) is 13.8. The quantitative estimate of drug-likeness (QED) is 0.698. The molecule has 0 bridgehead atoms. The first-order chi connectivity index (χ1) is 8.31. The van der Waals surface area contributed by atoms with Crippen LogP contribution < -0.4 is 15.8 Å². The van der Waals surface area contributed by atoms with Gasteiger partial charge in [-0.3, -0.25) is 4.79 Å². The number of nitrogens with one attached hydrogen (secondary N) is 1. The van der Waals surface area contributed by atoms with E-state index in [9.17, 15) is 9.90 Å². The topological polar surface area (TPSA) is 84.6 Å². The van der Waals surface area contributed by atoms with Crippen molar-refractivity contribution < 1.29 is 14.6 Å². The molecule has 0 radical (unpaired) electrons. The summed E-state index contributed by atoms with van der Waals surface area (Å²) in [6.07, 6.45) is 0.894. The molecule has 0 atom stereocenters. The molecular formula is C13H20N2O3. The highest BCUT2D eigenvalue weighted by molar-refractivity contribution is 5.92. The molecule has 0 saturated carbocycles. The minimum atomic E-state index is -0.376. The van der Waals surface area contributed by atoms with Gasteiger partial charge in [0.05, 0.1) is 12.8 Å². The average molecular weight is 252 g/mol. The van der Waals surface area contributed by atoms with Crippen LogP contribution in [0, 0.1) is 0 Å². The lowest BCUT2D eigenvalue weighted by Gasteiger charge is -2.17. The molecule has 0 aliphatic heterocycles. The summed E-state index contributed by atoms with van der Waals surface area (Å²) in [4.78, 5) is 11.7. The van der Waals surface area contributed by atoms with Gasteiger partial charge in [-0.05, 0) is 32.4 Å². The van der Waals surface area contributed by atoms with Crippen molar-refractivity contribution in [3.8, 4) is 11.5 Å². The van der Waals surface area contributed by atoms with Crippen LogP contribution in [0.2, 0.25) is 0 Å². The van der Waals surface area contributed by atoms with Crippen molar-refractivity contribution in [1.82, 2.24) is 0 Å². The van der Waals surface area contributed by atoms with Crippen LogP contribution in [0.5, 0.6) is 11.5 Å². The Morgan fingerprint density at radius 3 is 2.67 bits per heavy atom. The Bertz CT molecular complexity index is 425. The molecule has 1 amide bonds. The van der Waals surface area contributed by atoms with Crippen LogP contribution in [-0.2, 0) is 4.79 Å². The Balaban J connectivity index is 2.59. The number of phenolic OH excluding ortho intramolecular Hbond substituents is 1. The lowest BCUT2D eigenvalue weighted by molar-refractivity contribution is -0.116. The van der Waals surface area contributed by atoms with E-state index in [-0.39, 0.29) is 17.2 Å². The molecule has 0 aromatic heterocycles. The molecule has 0 aliphatic rings. The second-order valence-corrected chi connectivity index (χ2v) is 4.92. The van der Waals surface area contributed by atoms with Crippen LogP contribution >= 0.6 is 0 Å². The van der Waals surface area contributed by atoms with Gasteiger partial charge in [-0.25, -0.2) is 0 Å². The van der Waals surface area contributed by atoms with Gasteiger partial charge in [0.1, 0.15) is 11.5 Å². The monoisotopic (exact) mass is 252 g/mol. The van der Waals surface area contributed by atoms with E-state index >= 15 is 0 Å². The number of rotatable bonds is 5. The lowest BCUT2D eigenvalue weighted by Crippen LogP contribution is -2.33. The first kappa shape index (κ1) is 14.3. The number of ether oxygens (including phenoxy) is 1. The third-order valence-electron chi connectivity index (χ3n) is 2.48. The summed E-state index contributed by atoms with van der Waals surface area (Å²) in [6, 6.07) is 4.71. The van der Waals surface area contributed by atoms with Crippen molar-refractivity contribution in [3.05, 3.63) is 18.2 Å². The molecular weight excluding hydrogens is 232 g/mol. The van der Waals surface area contributed by atoms with Crippen molar-refractivity contribution >= 4 is 11.6 Å². The van der Waals surface area contributed by atoms with Gasteiger partial charge in [0.15, 0.2) is 0 Å². The third-order valence-corrected chi connectivity index (χ3v) is 2.48. The molecule has 1 rings (SSSR count). The second-order valence-electron chi connectivity index (χ2n) is 4.92. The molecule has 5 heteroatoms. The van der Waals surface area contributed by atoms with Crippen molar-refractivity contribution in [2.45, 2.75) is 32.2 Å². The Hall–Kier alpha value is -1.75. The molecule has 4 N–H and O–H groups in total. The SMILES string of the molecule is COc1ccc(NC(=O)CCC(C)(C)N)c(O)c1. The second kappa shape index (κ2) is 5.73. The number of nitrogens with two attached hydrogens (primary N) is 1. The van der Waals surface area contributed by atoms with Crippen LogP contribution in [0.3, 0.4) is 0 Å². The number of anilines is 1. The van der Waals surface area contributed by atoms with E-state index in [1.807, 2.05) is 13.8 Å². The third kappa shape index (κ3) is 4.63. The minimum Gasteiger partial charge on any atom is -0.506 e. The number of phenols is 1. The molecule has 0 heterocycles. The van der Waals surface area contributed by atoms with Crippen molar-refractivity contribution in [1.29, 1.82) is 0 Å². The maximum Gasteiger partial charge on any atom is 0.224 e.